The summed E-state index contributed by atoms with van der Waals surface area (Å²) in [6.07, 6.45) is 1.78. The first-order valence-corrected chi connectivity index (χ1v) is 8.81. The maximum atomic E-state index is 12.6. The minimum atomic E-state index is -0.199. The number of nitrogens with zero attached hydrogens (tertiary/aromatic N) is 3. The molecule has 1 aliphatic rings. The number of carbonyl (C=O) groups excluding carboxylic acids is 1. The van der Waals surface area contributed by atoms with Gasteiger partial charge in [0.2, 0.25) is 0 Å². The van der Waals surface area contributed by atoms with Gasteiger partial charge in [-0.2, -0.15) is 0 Å². The molecule has 0 radical (unpaired) electrons. The molecular weight excluding hydrogens is 328 g/mol. The number of carbonyl (C=O) groups is 1. The molecule has 6 nitrogen and oxygen atoms in total. The molecule has 0 bridgehead atoms. The molecule has 3 heterocycles. The van der Waals surface area contributed by atoms with Gasteiger partial charge in [0, 0.05) is 36.4 Å². The van der Waals surface area contributed by atoms with Crippen molar-refractivity contribution in [1.82, 2.24) is 9.38 Å². The number of hydrogen-bond acceptors (Lipinski definition) is 4. The average Bonchev–Trinajstić information content (AvgIpc) is 3.10. The number of rotatable bonds is 3. The molecule has 0 spiro atoms. The number of pyridine rings is 1. The number of fused-ring (bicyclic) bond motifs is 1. The van der Waals surface area contributed by atoms with Crippen LogP contribution in [0.3, 0.4) is 0 Å². The van der Waals surface area contributed by atoms with E-state index >= 15 is 0 Å². The molecule has 1 aliphatic heterocycles. The number of imidazole rings is 1. The molecule has 2 aromatic heterocycles. The van der Waals surface area contributed by atoms with Gasteiger partial charge < -0.3 is 19.4 Å². The second-order valence-corrected chi connectivity index (χ2v) is 6.57. The normalized spacial score (nSPS) is 14.6. The van der Waals surface area contributed by atoms with Gasteiger partial charge >= 0.3 is 0 Å². The van der Waals surface area contributed by atoms with Crippen LogP contribution in [-0.4, -0.2) is 41.6 Å². The lowest BCUT2D eigenvalue weighted by molar-refractivity contribution is 0.102. The first-order chi connectivity index (χ1) is 12.6. The van der Waals surface area contributed by atoms with E-state index in [1.165, 1.54) is 0 Å². The third-order valence-electron chi connectivity index (χ3n) is 4.76. The Morgan fingerprint density at radius 2 is 1.96 bits per heavy atom. The Hall–Kier alpha value is -2.86. The van der Waals surface area contributed by atoms with Crippen LogP contribution in [0.4, 0.5) is 11.4 Å². The highest BCUT2D eigenvalue weighted by Crippen LogP contribution is 2.24. The topological polar surface area (TPSA) is 58.9 Å². The molecule has 0 unspecified atom stereocenters. The predicted octanol–water partition coefficient (Wildman–Crippen LogP) is 3.04. The molecule has 6 heteroatoms. The lowest BCUT2D eigenvalue weighted by atomic mass is 10.1. The van der Waals surface area contributed by atoms with Gasteiger partial charge in [0.15, 0.2) is 0 Å². The van der Waals surface area contributed by atoms with Gasteiger partial charge in [0.25, 0.3) is 5.91 Å². The van der Waals surface area contributed by atoms with Crippen molar-refractivity contribution in [3.05, 3.63) is 59.5 Å². The van der Waals surface area contributed by atoms with Crippen molar-refractivity contribution in [3.8, 4) is 0 Å². The van der Waals surface area contributed by atoms with Crippen LogP contribution in [0.15, 0.2) is 42.6 Å². The van der Waals surface area contributed by atoms with E-state index in [1.54, 1.807) is 6.20 Å². The van der Waals surface area contributed by atoms with E-state index in [0.29, 0.717) is 5.69 Å². The Morgan fingerprint density at radius 1 is 1.15 bits per heavy atom. The largest absolute Gasteiger partial charge is 0.378 e. The van der Waals surface area contributed by atoms with Crippen LogP contribution in [0.2, 0.25) is 0 Å². The van der Waals surface area contributed by atoms with Crippen molar-refractivity contribution < 1.29 is 9.53 Å². The zero-order valence-electron chi connectivity index (χ0n) is 15.0. The Bertz CT molecular complexity index is 958. The standard InChI is InChI=1S/C20H22N4O2/c1-14-12-16(23-8-10-26-11-9-23)6-7-17(14)22-20(25)18-13-24-15(2)4-3-5-19(24)21-18/h3-7,12-13H,8-11H2,1-2H3,(H,22,25). The highest BCUT2D eigenvalue weighted by molar-refractivity contribution is 6.03. The minimum Gasteiger partial charge on any atom is -0.378 e. The van der Waals surface area contributed by atoms with E-state index in [9.17, 15) is 4.79 Å². The Morgan fingerprint density at radius 3 is 2.69 bits per heavy atom. The highest BCUT2D eigenvalue weighted by Gasteiger charge is 2.15. The number of hydrogen-bond donors (Lipinski definition) is 1. The van der Waals surface area contributed by atoms with E-state index in [1.807, 2.05) is 48.6 Å². The van der Waals surface area contributed by atoms with Gasteiger partial charge in [0.05, 0.1) is 13.2 Å². The van der Waals surface area contributed by atoms with Crippen LogP contribution in [-0.2, 0) is 4.74 Å². The van der Waals surface area contributed by atoms with E-state index < -0.39 is 0 Å². The second kappa shape index (κ2) is 6.80. The molecule has 1 amide bonds. The summed E-state index contributed by atoms with van der Waals surface area (Å²) in [4.78, 5) is 19.3. The summed E-state index contributed by atoms with van der Waals surface area (Å²) >= 11 is 0. The molecule has 0 atom stereocenters. The summed E-state index contributed by atoms with van der Waals surface area (Å²) in [5, 5.41) is 2.98. The summed E-state index contributed by atoms with van der Waals surface area (Å²) < 4.78 is 7.32. The number of ether oxygens (including phenoxy) is 1. The quantitative estimate of drug-likeness (QED) is 0.789. The molecule has 1 aromatic carbocycles. The molecule has 3 aromatic rings. The van der Waals surface area contributed by atoms with Crippen molar-refractivity contribution in [2.75, 3.05) is 36.5 Å². The lowest BCUT2D eigenvalue weighted by Crippen LogP contribution is -2.36. The number of nitrogens with one attached hydrogen (secondary N) is 1. The van der Waals surface area contributed by atoms with Crippen LogP contribution in [0, 0.1) is 13.8 Å². The van der Waals surface area contributed by atoms with Crippen molar-refractivity contribution in [2.45, 2.75) is 13.8 Å². The lowest BCUT2D eigenvalue weighted by Gasteiger charge is -2.29. The molecule has 0 saturated carbocycles. The molecule has 0 aliphatic carbocycles. The van der Waals surface area contributed by atoms with Crippen molar-refractivity contribution in [2.24, 2.45) is 0 Å². The molecule has 1 N–H and O–H groups in total. The number of amides is 1. The maximum Gasteiger partial charge on any atom is 0.275 e. The molecular formula is C20H22N4O2. The van der Waals surface area contributed by atoms with Gasteiger partial charge in [-0.1, -0.05) is 6.07 Å². The summed E-state index contributed by atoms with van der Waals surface area (Å²) in [5.41, 5.74) is 5.22. The van der Waals surface area contributed by atoms with Gasteiger partial charge in [-0.25, -0.2) is 4.98 Å². The molecule has 4 rings (SSSR count). The Kier molecular flexibility index (Phi) is 4.34. The fraction of sp³-hybridized carbons (Fsp3) is 0.300. The van der Waals surface area contributed by atoms with Gasteiger partial charge in [-0.15, -0.1) is 0 Å². The van der Waals surface area contributed by atoms with Crippen LogP contribution in [0.25, 0.3) is 5.65 Å². The first-order valence-electron chi connectivity index (χ1n) is 8.81. The van der Waals surface area contributed by atoms with Crippen molar-refractivity contribution >= 4 is 22.9 Å². The predicted molar refractivity (Wildman–Crippen MR) is 102 cm³/mol. The van der Waals surface area contributed by atoms with Crippen molar-refractivity contribution in [1.29, 1.82) is 0 Å². The summed E-state index contributed by atoms with van der Waals surface area (Å²) in [6, 6.07) is 11.9. The Labute approximate surface area is 152 Å². The molecule has 1 fully saturated rings. The van der Waals surface area contributed by atoms with E-state index in [-0.39, 0.29) is 5.91 Å². The van der Waals surface area contributed by atoms with E-state index in [2.05, 4.69) is 21.3 Å². The number of morpholine rings is 1. The molecule has 1 saturated heterocycles. The van der Waals surface area contributed by atoms with Crippen LogP contribution < -0.4 is 10.2 Å². The van der Waals surface area contributed by atoms with Gasteiger partial charge in [-0.3, -0.25) is 4.79 Å². The Balaban J connectivity index is 1.54. The van der Waals surface area contributed by atoms with Crippen LogP contribution in [0.1, 0.15) is 21.7 Å². The summed E-state index contributed by atoms with van der Waals surface area (Å²) in [7, 11) is 0. The minimum absolute atomic E-state index is 0.199. The zero-order chi connectivity index (χ0) is 18.1. The van der Waals surface area contributed by atoms with Crippen molar-refractivity contribution in [3.63, 3.8) is 0 Å². The number of anilines is 2. The fourth-order valence-corrected chi connectivity index (χ4v) is 3.25. The molecule has 134 valence electrons. The zero-order valence-corrected chi connectivity index (χ0v) is 15.0. The summed E-state index contributed by atoms with van der Waals surface area (Å²) in [5.74, 6) is -0.199. The average molecular weight is 350 g/mol. The first kappa shape index (κ1) is 16.6. The van der Waals surface area contributed by atoms with Gasteiger partial charge in [-0.05, 0) is 49.7 Å². The highest BCUT2D eigenvalue weighted by atomic mass is 16.5. The van der Waals surface area contributed by atoms with Crippen LogP contribution in [0.5, 0.6) is 0 Å². The maximum absolute atomic E-state index is 12.6. The fourth-order valence-electron chi connectivity index (χ4n) is 3.25. The SMILES string of the molecule is Cc1cc(N2CCOCC2)ccc1NC(=O)c1cn2c(C)cccc2n1. The van der Waals surface area contributed by atoms with E-state index in [0.717, 1.165) is 54.6 Å². The number of benzene rings is 1. The van der Waals surface area contributed by atoms with E-state index in [4.69, 9.17) is 4.74 Å². The second-order valence-electron chi connectivity index (χ2n) is 6.57. The number of aryl methyl sites for hydroxylation is 2. The third kappa shape index (κ3) is 3.15. The third-order valence-corrected chi connectivity index (χ3v) is 4.76. The number of aromatic nitrogens is 2. The summed E-state index contributed by atoms with van der Waals surface area (Å²) in [6.45, 7) is 7.30. The van der Waals surface area contributed by atoms with Gasteiger partial charge in [0.1, 0.15) is 11.3 Å². The molecule has 26 heavy (non-hydrogen) atoms. The van der Waals surface area contributed by atoms with Crippen LogP contribution >= 0.6 is 0 Å². The smallest absolute Gasteiger partial charge is 0.275 e. The monoisotopic (exact) mass is 350 g/mol.